The molecule has 2 saturated heterocycles. The largest absolute Gasteiger partial charge is 0.393 e. The zero-order valence-corrected chi connectivity index (χ0v) is 19.9. The Kier molecular flexibility index (Phi) is 4.62. The van der Waals surface area contributed by atoms with Gasteiger partial charge >= 0.3 is 0 Å². The maximum absolute atomic E-state index is 14.0. The minimum atomic E-state index is -0.448. The molecule has 0 radical (unpaired) electrons. The lowest BCUT2D eigenvalue weighted by Crippen LogP contribution is -2.58. The van der Waals surface area contributed by atoms with E-state index in [1.165, 1.54) is 12.8 Å². The SMILES string of the molecule is CC1CCC2(OC1)O[C@H]1CC3C4CC[C@@H]5C[C@@H](O)CC[C@]5(C)C4CC(=O)[C@]3(C)C1C2C. The lowest BCUT2D eigenvalue weighted by atomic mass is 9.44. The standard InChI is InChI=1S/C27H42O4/c1-15-7-10-27(30-14-15)16(2)24-22(31-27)12-21-19-6-5-17-11-18(28)8-9-25(17,3)20(19)13-23(29)26(21,24)4/h15-22,24,28H,5-14H2,1-4H3/t15?,16?,17-,18+,19?,20?,21?,22+,24?,25+,26-,27?/m1/s1. The van der Waals surface area contributed by atoms with Crippen LogP contribution in [-0.4, -0.2) is 35.5 Å². The highest BCUT2D eigenvalue weighted by Crippen LogP contribution is 2.70. The molecule has 174 valence electrons. The van der Waals surface area contributed by atoms with Crippen molar-refractivity contribution in [2.45, 2.75) is 103 Å². The minimum Gasteiger partial charge on any atom is -0.393 e. The zero-order valence-electron chi connectivity index (χ0n) is 19.9. The lowest BCUT2D eigenvalue weighted by Gasteiger charge is -2.60. The average Bonchev–Trinajstić information content (AvgIpc) is 3.18. The van der Waals surface area contributed by atoms with Crippen molar-refractivity contribution in [2.24, 2.45) is 52.3 Å². The van der Waals surface area contributed by atoms with Crippen LogP contribution in [0.2, 0.25) is 0 Å². The Morgan fingerprint density at radius 3 is 2.55 bits per heavy atom. The van der Waals surface area contributed by atoms with Crippen LogP contribution in [0.15, 0.2) is 0 Å². The van der Waals surface area contributed by atoms with Gasteiger partial charge in [0.2, 0.25) is 0 Å². The maximum atomic E-state index is 14.0. The number of rotatable bonds is 0. The van der Waals surface area contributed by atoms with E-state index in [1.54, 1.807) is 0 Å². The van der Waals surface area contributed by atoms with Crippen LogP contribution in [0.3, 0.4) is 0 Å². The normalized spacial score (nSPS) is 60.9. The first-order valence-corrected chi connectivity index (χ1v) is 13.2. The summed E-state index contributed by atoms with van der Waals surface area (Å²) < 4.78 is 13.2. The van der Waals surface area contributed by atoms with Crippen LogP contribution in [-0.2, 0) is 14.3 Å². The topological polar surface area (TPSA) is 55.8 Å². The highest BCUT2D eigenvalue weighted by molar-refractivity contribution is 5.87. The molecule has 6 fully saturated rings. The summed E-state index contributed by atoms with van der Waals surface area (Å²) in [4.78, 5) is 14.0. The van der Waals surface area contributed by atoms with Gasteiger partial charge in [0.1, 0.15) is 5.78 Å². The number of carbonyl (C=O) groups excluding carboxylic acids is 1. The Balaban J connectivity index is 1.30. The Morgan fingerprint density at radius 1 is 1.00 bits per heavy atom. The van der Waals surface area contributed by atoms with Gasteiger partial charge in [0, 0.05) is 30.1 Å². The van der Waals surface area contributed by atoms with Crippen LogP contribution < -0.4 is 0 Å². The van der Waals surface area contributed by atoms with Gasteiger partial charge in [0.05, 0.1) is 18.8 Å². The molecule has 4 saturated carbocycles. The van der Waals surface area contributed by atoms with Crippen molar-refractivity contribution in [3.05, 3.63) is 0 Å². The Labute approximate surface area is 187 Å². The third-order valence-electron chi connectivity index (χ3n) is 11.8. The number of Topliss-reactive ketones (excluding diaryl/α,β-unsaturated/α-hetero) is 1. The number of ether oxygens (including phenoxy) is 2. The predicted octanol–water partition coefficient (Wildman–Crippen LogP) is 4.97. The third-order valence-corrected chi connectivity index (χ3v) is 11.8. The first kappa shape index (κ1) is 21.1. The van der Waals surface area contributed by atoms with Crippen LogP contribution >= 0.6 is 0 Å². The van der Waals surface area contributed by atoms with E-state index in [-0.39, 0.29) is 29.0 Å². The molecule has 4 heteroatoms. The van der Waals surface area contributed by atoms with Gasteiger partial charge in [-0.15, -0.1) is 0 Å². The fraction of sp³-hybridized carbons (Fsp3) is 0.963. The summed E-state index contributed by atoms with van der Waals surface area (Å²) in [5, 5.41) is 10.3. The summed E-state index contributed by atoms with van der Waals surface area (Å²) in [5.41, 5.74) is -0.0221. The van der Waals surface area contributed by atoms with E-state index in [0.29, 0.717) is 41.3 Å². The van der Waals surface area contributed by atoms with E-state index in [9.17, 15) is 9.90 Å². The quantitative estimate of drug-likeness (QED) is 0.589. The molecule has 12 atom stereocenters. The van der Waals surface area contributed by atoms with Gasteiger partial charge in [-0.1, -0.05) is 27.7 Å². The molecular weight excluding hydrogens is 388 g/mol. The molecule has 2 heterocycles. The van der Waals surface area contributed by atoms with Crippen molar-refractivity contribution in [2.75, 3.05) is 6.61 Å². The highest BCUT2D eigenvalue weighted by Gasteiger charge is 2.71. The molecule has 31 heavy (non-hydrogen) atoms. The maximum Gasteiger partial charge on any atom is 0.171 e. The average molecular weight is 431 g/mol. The lowest BCUT2D eigenvalue weighted by molar-refractivity contribution is -0.272. The van der Waals surface area contributed by atoms with E-state index in [0.717, 1.165) is 51.6 Å². The van der Waals surface area contributed by atoms with Crippen molar-refractivity contribution in [3.63, 3.8) is 0 Å². The number of fused-ring (bicyclic) bond motifs is 7. The molecule has 2 aliphatic heterocycles. The van der Waals surface area contributed by atoms with Gasteiger partial charge in [-0.2, -0.15) is 0 Å². The fourth-order valence-electron chi connectivity index (χ4n) is 9.93. The molecule has 0 aromatic carbocycles. The van der Waals surface area contributed by atoms with Gasteiger partial charge in [-0.05, 0) is 80.0 Å². The molecule has 0 aromatic heterocycles. The Hall–Kier alpha value is -0.450. The van der Waals surface area contributed by atoms with E-state index in [1.807, 2.05) is 0 Å². The third kappa shape index (κ3) is 2.68. The molecule has 1 spiro atoms. The van der Waals surface area contributed by atoms with Crippen molar-refractivity contribution >= 4 is 5.78 Å². The van der Waals surface area contributed by atoms with Crippen LogP contribution in [0.1, 0.15) is 85.5 Å². The first-order chi connectivity index (χ1) is 14.7. The van der Waals surface area contributed by atoms with Crippen molar-refractivity contribution < 1.29 is 19.4 Å². The van der Waals surface area contributed by atoms with Gasteiger partial charge in [-0.3, -0.25) is 4.79 Å². The van der Waals surface area contributed by atoms with E-state index < -0.39 is 5.79 Å². The summed E-state index contributed by atoms with van der Waals surface area (Å²) >= 11 is 0. The Morgan fingerprint density at radius 2 is 1.81 bits per heavy atom. The second kappa shape index (κ2) is 6.79. The number of hydrogen-bond acceptors (Lipinski definition) is 4. The van der Waals surface area contributed by atoms with Gasteiger partial charge in [-0.25, -0.2) is 0 Å². The number of aliphatic hydroxyl groups excluding tert-OH is 1. The van der Waals surface area contributed by atoms with Crippen LogP contribution in [0.4, 0.5) is 0 Å². The van der Waals surface area contributed by atoms with Crippen molar-refractivity contribution in [1.82, 2.24) is 0 Å². The van der Waals surface area contributed by atoms with E-state index in [2.05, 4.69) is 27.7 Å². The summed E-state index contributed by atoms with van der Waals surface area (Å²) in [6.45, 7) is 10.1. The Bertz CT molecular complexity index is 756. The predicted molar refractivity (Wildman–Crippen MR) is 118 cm³/mol. The molecule has 0 amide bonds. The number of ketones is 1. The van der Waals surface area contributed by atoms with E-state index >= 15 is 0 Å². The van der Waals surface area contributed by atoms with Crippen LogP contribution in [0, 0.1) is 52.3 Å². The summed E-state index contributed by atoms with van der Waals surface area (Å²) in [7, 11) is 0. The summed E-state index contributed by atoms with van der Waals surface area (Å²) in [6, 6.07) is 0. The molecular formula is C27H42O4. The second-order valence-electron chi connectivity index (χ2n) is 13.0. The zero-order chi connectivity index (χ0) is 21.8. The molecule has 0 bridgehead atoms. The summed E-state index contributed by atoms with van der Waals surface area (Å²) in [6.07, 6.45) is 9.39. The smallest absolute Gasteiger partial charge is 0.171 e. The van der Waals surface area contributed by atoms with Gasteiger partial charge in [0.15, 0.2) is 5.79 Å². The van der Waals surface area contributed by atoms with Crippen LogP contribution in [0.5, 0.6) is 0 Å². The van der Waals surface area contributed by atoms with Crippen molar-refractivity contribution in [3.8, 4) is 0 Å². The molecule has 6 aliphatic rings. The monoisotopic (exact) mass is 430 g/mol. The summed E-state index contributed by atoms with van der Waals surface area (Å²) in [5.74, 6) is 3.45. The number of carbonyl (C=O) groups is 1. The number of hydrogen-bond donors (Lipinski definition) is 1. The first-order valence-electron chi connectivity index (χ1n) is 13.2. The highest BCUT2D eigenvalue weighted by atomic mass is 16.7. The molecule has 6 rings (SSSR count). The van der Waals surface area contributed by atoms with Crippen LogP contribution in [0.25, 0.3) is 0 Å². The minimum absolute atomic E-state index is 0.131. The molecule has 0 aromatic rings. The molecule has 4 aliphatic carbocycles. The molecule has 7 unspecified atom stereocenters. The fourth-order valence-corrected chi connectivity index (χ4v) is 9.93. The van der Waals surface area contributed by atoms with Gasteiger partial charge < -0.3 is 14.6 Å². The molecule has 4 nitrogen and oxygen atoms in total. The van der Waals surface area contributed by atoms with E-state index in [4.69, 9.17) is 9.47 Å². The second-order valence-corrected chi connectivity index (χ2v) is 13.0. The van der Waals surface area contributed by atoms with Gasteiger partial charge in [0.25, 0.3) is 0 Å². The molecule has 1 N–H and O–H groups in total. The number of aliphatic hydroxyl groups is 1. The van der Waals surface area contributed by atoms with Crippen molar-refractivity contribution in [1.29, 1.82) is 0 Å².